The van der Waals surface area contributed by atoms with Crippen LogP contribution in [0.3, 0.4) is 0 Å². The summed E-state index contributed by atoms with van der Waals surface area (Å²) in [6.07, 6.45) is 8.42. The van der Waals surface area contributed by atoms with E-state index in [4.69, 9.17) is 0 Å². The molecule has 1 saturated heterocycles. The Hall–Kier alpha value is -1.62. The van der Waals surface area contributed by atoms with Crippen molar-refractivity contribution >= 4 is 46.0 Å². The first-order chi connectivity index (χ1) is 12.7. The highest BCUT2D eigenvalue weighted by molar-refractivity contribution is 9.10. The Bertz CT molecular complexity index is 772. The summed E-state index contributed by atoms with van der Waals surface area (Å²) in [6.45, 7) is 3.54. The van der Waals surface area contributed by atoms with Crippen molar-refractivity contribution in [2.75, 3.05) is 25.0 Å². The Morgan fingerprint density at radius 2 is 1.85 bits per heavy atom. The molecule has 1 heterocycles. The number of benzene rings is 2. The second-order valence-electron chi connectivity index (χ2n) is 6.73. The number of carbonyl (C=O) groups is 1. The lowest BCUT2D eigenvalue weighted by molar-refractivity contribution is -0.111. The molecule has 1 fully saturated rings. The molecule has 27 heavy (non-hydrogen) atoms. The van der Waals surface area contributed by atoms with Crippen molar-refractivity contribution in [3.8, 4) is 0 Å². The molecule has 1 aliphatic heterocycles. The van der Waals surface area contributed by atoms with Crippen molar-refractivity contribution in [2.45, 2.75) is 25.7 Å². The van der Waals surface area contributed by atoms with Crippen LogP contribution in [0.5, 0.6) is 0 Å². The summed E-state index contributed by atoms with van der Waals surface area (Å²) >= 11 is 3.44. The molecule has 144 valence electrons. The summed E-state index contributed by atoms with van der Waals surface area (Å²) in [6, 6.07) is 16.0. The molecule has 2 aromatic carbocycles. The highest BCUT2D eigenvalue weighted by Gasteiger charge is 2.09. The van der Waals surface area contributed by atoms with E-state index in [0.29, 0.717) is 0 Å². The van der Waals surface area contributed by atoms with Crippen LogP contribution in [0.15, 0.2) is 59.1 Å². The maximum Gasteiger partial charge on any atom is 0.248 e. The van der Waals surface area contributed by atoms with Crippen LogP contribution in [-0.4, -0.2) is 30.4 Å². The van der Waals surface area contributed by atoms with Gasteiger partial charge in [0.2, 0.25) is 5.91 Å². The zero-order valence-corrected chi connectivity index (χ0v) is 17.8. The van der Waals surface area contributed by atoms with Gasteiger partial charge in [0, 0.05) is 22.8 Å². The van der Waals surface area contributed by atoms with Gasteiger partial charge in [0.25, 0.3) is 0 Å². The lowest BCUT2D eigenvalue weighted by atomic mass is 10.1. The average Bonchev–Trinajstić information content (AvgIpc) is 2.66. The van der Waals surface area contributed by atoms with Crippen molar-refractivity contribution in [3.63, 3.8) is 0 Å². The second-order valence-corrected chi connectivity index (χ2v) is 7.65. The molecular weight excluding hydrogens is 424 g/mol. The largest absolute Gasteiger partial charge is 0.323 e. The SMILES string of the molecule is Cl.O=C(C=Cc1cccc(Br)c1)Nc1cccc(CCN2CCCCC2)c1. The average molecular weight is 450 g/mol. The van der Waals surface area contributed by atoms with E-state index in [2.05, 4.69) is 38.3 Å². The van der Waals surface area contributed by atoms with Gasteiger partial charge in [-0.2, -0.15) is 0 Å². The smallest absolute Gasteiger partial charge is 0.248 e. The van der Waals surface area contributed by atoms with Gasteiger partial charge in [-0.25, -0.2) is 0 Å². The van der Waals surface area contributed by atoms with Gasteiger partial charge in [-0.3, -0.25) is 4.79 Å². The molecule has 3 rings (SSSR count). The molecule has 2 aromatic rings. The number of amides is 1. The number of nitrogens with one attached hydrogen (secondary N) is 1. The summed E-state index contributed by atoms with van der Waals surface area (Å²) in [5.41, 5.74) is 3.11. The van der Waals surface area contributed by atoms with E-state index in [-0.39, 0.29) is 18.3 Å². The molecule has 0 spiro atoms. The Balaban J connectivity index is 0.00000261. The normalized spacial score (nSPS) is 14.7. The fourth-order valence-corrected chi connectivity index (χ4v) is 3.66. The van der Waals surface area contributed by atoms with Crippen LogP contribution in [0.1, 0.15) is 30.4 Å². The minimum absolute atomic E-state index is 0. The molecule has 0 aliphatic carbocycles. The first-order valence-corrected chi connectivity index (χ1v) is 10.0. The minimum Gasteiger partial charge on any atom is -0.323 e. The number of halogens is 2. The number of likely N-dealkylation sites (tertiary alicyclic amines) is 1. The Labute approximate surface area is 176 Å². The Kier molecular flexibility index (Phi) is 9.05. The third kappa shape index (κ3) is 7.49. The topological polar surface area (TPSA) is 32.3 Å². The highest BCUT2D eigenvalue weighted by Crippen LogP contribution is 2.15. The summed E-state index contributed by atoms with van der Waals surface area (Å²) in [5.74, 6) is -0.113. The molecule has 0 aromatic heterocycles. The van der Waals surface area contributed by atoms with Gasteiger partial charge in [-0.15, -0.1) is 12.4 Å². The van der Waals surface area contributed by atoms with Gasteiger partial charge in [0.1, 0.15) is 0 Å². The van der Waals surface area contributed by atoms with E-state index in [0.717, 1.165) is 28.7 Å². The quantitative estimate of drug-likeness (QED) is 0.586. The van der Waals surface area contributed by atoms with Crippen LogP contribution in [0, 0.1) is 0 Å². The number of piperidine rings is 1. The Morgan fingerprint density at radius 1 is 1.07 bits per heavy atom. The first kappa shape index (κ1) is 21.7. The van der Waals surface area contributed by atoms with E-state index in [1.165, 1.54) is 37.9 Å². The zero-order chi connectivity index (χ0) is 18.2. The molecular formula is C22H26BrClN2O. The molecule has 0 radical (unpaired) electrons. The minimum atomic E-state index is -0.113. The number of carbonyl (C=O) groups excluding carboxylic acids is 1. The van der Waals surface area contributed by atoms with Crippen molar-refractivity contribution < 1.29 is 4.79 Å². The summed E-state index contributed by atoms with van der Waals surface area (Å²) in [5, 5.41) is 2.95. The molecule has 0 saturated carbocycles. The molecule has 3 nitrogen and oxygen atoms in total. The summed E-state index contributed by atoms with van der Waals surface area (Å²) in [7, 11) is 0. The fraction of sp³-hybridized carbons (Fsp3) is 0.318. The maximum absolute atomic E-state index is 12.2. The van der Waals surface area contributed by atoms with Crippen molar-refractivity contribution in [2.24, 2.45) is 0 Å². The fourth-order valence-electron chi connectivity index (χ4n) is 3.24. The number of anilines is 1. The van der Waals surface area contributed by atoms with Crippen molar-refractivity contribution in [1.29, 1.82) is 0 Å². The lowest BCUT2D eigenvalue weighted by Gasteiger charge is -2.26. The third-order valence-electron chi connectivity index (χ3n) is 4.64. The second kappa shape index (κ2) is 11.3. The summed E-state index contributed by atoms with van der Waals surface area (Å²) in [4.78, 5) is 14.7. The van der Waals surface area contributed by atoms with Gasteiger partial charge in [-0.05, 0) is 73.8 Å². The van der Waals surface area contributed by atoms with Crippen LogP contribution < -0.4 is 5.32 Å². The van der Waals surface area contributed by atoms with E-state index in [9.17, 15) is 4.79 Å². The van der Waals surface area contributed by atoms with E-state index < -0.39 is 0 Å². The Morgan fingerprint density at radius 3 is 2.63 bits per heavy atom. The molecule has 1 amide bonds. The van der Waals surface area contributed by atoms with E-state index in [1.807, 2.05) is 42.5 Å². The molecule has 5 heteroatoms. The molecule has 0 atom stereocenters. The van der Waals surface area contributed by atoms with Gasteiger partial charge in [-0.1, -0.05) is 46.6 Å². The predicted molar refractivity (Wildman–Crippen MR) is 119 cm³/mol. The van der Waals surface area contributed by atoms with E-state index >= 15 is 0 Å². The van der Waals surface area contributed by atoms with Crippen LogP contribution >= 0.6 is 28.3 Å². The maximum atomic E-state index is 12.2. The van der Waals surface area contributed by atoms with Gasteiger partial charge < -0.3 is 10.2 Å². The van der Waals surface area contributed by atoms with Crippen LogP contribution in [0.4, 0.5) is 5.69 Å². The van der Waals surface area contributed by atoms with Crippen LogP contribution in [0.2, 0.25) is 0 Å². The number of hydrogen-bond donors (Lipinski definition) is 1. The lowest BCUT2D eigenvalue weighted by Crippen LogP contribution is -2.31. The predicted octanol–water partition coefficient (Wildman–Crippen LogP) is 5.55. The molecule has 1 aliphatic rings. The number of hydrogen-bond acceptors (Lipinski definition) is 2. The number of rotatable bonds is 6. The molecule has 0 unspecified atom stereocenters. The van der Waals surface area contributed by atoms with E-state index in [1.54, 1.807) is 6.08 Å². The van der Waals surface area contributed by atoms with Gasteiger partial charge in [0.15, 0.2) is 0 Å². The monoisotopic (exact) mass is 448 g/mol. The standard InChI is InChI=1S/C22H25BrN2O.ClH/c23-20-8-4-6-18(16-20)10-11-22(26)24-21-9-5-7-19(17-21)12-15-25-13-2-1-3-14-25;/h4-11,16-17H,1-3,12-15H2,(H,24,26);1H. The first-order valence-electron chi connectivity index (χ1n) is 9.25. The molecule has 0 bridgehead atoms. The molecule has 1 N–H and O–H groups in total. The number of nitrogens with zero attached hydrogens (tertiary/aromatic N) is 1. The zero-order valence-electron chi connectivity index (χ0n) is 15.4. The van der Waals surface area contributed by atoms with Crippen LogP contribution in [0.25, 0.3) is 6.08 Å². The van der Waals surface area contributed by atoms with Gasteiger partial charge in [0.05, 0.1) is 0 Å². The van der Waals surface area contributed by atoms with Gasteiger partial charge >= 0.3 is 0 Å². The van der Waals surface area contributed by atoms with Crippen molar-refractivity contribution in [1.82, 2.24) is 4.90 Å². The summed E-state index contributed by atoms with van der Waals surface area (Å²) < 4.78 is 1.00. The highest BCUT2D eigenvalue weighted by atomic mass is 79.9. The third-order valence-corrected chi connectivity index (χ3v) is 5.13. The van der Waals surface area contributed by atoms with Crippen LogP contribution in [-0.2, 0) is 11.2 Å². The van der Waals surface area contributed by atoms with Crippen molar-refractivity contribution in [3.05, 3.63) is 70.2 Å².